The van der Waals surface area contributed by atoms with Crippen molar-refractivity contribution in [2.75, 3.05) is 60.5 Å². The van der Waals surface area contributed by atoms with Crippen LogP contribution in [0.2, 0.25) is 0 Å². The average Bonchev–Trinajstić information content (AvgIpc) is 2.97. The van der Waals surface area contributed by atoms with Gasteiger partial charge in [-0.05, 0) is 19.3 Å². The summed E-state index contributed by atoms with van der Waals surface area (Å²) < 4.78 is 34.8. The van der Waals surface area contributed by atoms with Gasteiger partial charge in [-0.2, -0.15) is 0 Å². The van der Waals surface area contributed by atoms with Crippen molar-refractivity contribution >= 4 is 0 Å². The van der Waals surface area contributed by atoms with E-state index in [4.69, 9.17) is 28.4 Å². The summed E-state index contributed by atoms with van der Waals surface area (Å²) in [7, 11) is 3.15. The predicted octanol–water partition coefficient (Wildman–Crippen LogP) is 0.389. The number of nitrogens with zero attached hydrogens (tertiary/aromatic N) is 2. The number of rotatable bonds is 20. The van der Waals surface area contributed by atoms with Crippen molar-refractivity contribution in [3.05, 3.63) is 66.2 Å². The molecular weight excluding hydrogens is 556 g/mol. The molecule has 2 aromatic heterocycles. The first-order valence-corrected chi connectivity index (χ1v) is 13.9. The molecule has 0 aliphatic carbocycles. The fourth-order valence-electron chi connectivity index (χ4n) is 3.53. The Labute approximate surface area is 244 Å². The number of hydrogen-bond acceptors (Lipinski definition) is 11. The zero-order valence-electron chi connectivity index (χ0n) is 25.1. The second-order valence-corrected chi connectivity index (χ2v) is 9.00. The molecule has 2 heterocycles. The van der Waals surface area contributed by atoms with Crippen LogP contribution in [0.4, 0.5) is 0 Å². The van der Waals surface area contributed by atoms with Crippen molar-refractivity contribution in [1.29, 1.82) is 0 Å². The van der Waals surface area contributed by atoms with Crippen LogP contribution in [0.25, 0.3) is 0 Å². The number of aliphatic hydroxyl groups is 1. The smallest absolute Gasteiger partial charge is 0.330 e. The first-order valence-electron chi connectivity index (χ1n) is 13.9. The van der Waals surface area contributed by atoms with Crippen molar-refractivity contribution < 1.29 is 33.5 Å². The zero-order chi connectivity index (χ0) is 31.3. The Morgan fingerprint density at radius 1 is 0.690 bits per heavy atom. The third-order valence-corrected chi connectivity index (χ3v) is 5.98. The van der Waals surface area contributed by atoms with Crippen LogP contribution in [0.1, 0.15) is 52.5 Å². The zero-order valence-corrected chi connectivity index (χ0v) is 25.1. The summed E-state index contributed by atoms with van der Waals surface area (Å²) in [6, 6.07) is 2.52. The molecule has 0 aliphatic heterocycles. The second-order valence-electron chi connectivity index (χ2n) is 9.00. The number of aliphatic hydroxyl groups excluding tert-OH is 1. The first-order chi connectivity index (χ1) is 20.2. The van der Waals surface area contributed by atoms with Crippen molar-refractivity contribution in [2.24, 2.45) is 0 Å². The number of methoxy groups -OCH3 is 2. The largest absolute Gasteiger partial charge is 0.394 e. The van der Waals surface area contributed by atoms with E-state index in [2.05, 4.69) is 9.97 Å². The molecule has 42 heavy (non-hydrogen) atoms. The first kappa shape index (κ1) is 37.1. The van der Waals surface area contributed by atoms with E-state index in [9.17, 15) is 24.3 Å². The van der Waals surface area contributed by atoms with Crippen molar-refractivity contribution in [3.8, 4) is 0 Å². The van der Waals surface area contributed by atoms with E-state index in [1.165, 1.54) is 33.7 Å². The number of nitrogens with one attached hydrogen (secondary N) is 2. The van der Waals surface area contributed by atoms with Gasteiger partial charge in [-0.1, -0.05) is 20.8 Å². The molecule has 15 nitrogen and oxygen atoms in total. The van der Waals surface area contributed by atoms with E-state index in [0.717, 1.165) is 12.8 Å². The maximum atomic E-state index is 11.9. The monoisotopic (exact) mass is 602 g/mol. The van der Waals surface area contributed by atoms with Gasteiger partial charge in [0.15, 0.2) is 12.5 Å². The van der Waals surface area contributed by atoms with Gasteiger partial charge in [0, 0.05) is 38.7 Å². The summed E-state index contributed by atoms with van der Waals surface area (Å²) >= 11 is 0. The van der Waals surface area contributed by atoms with Crippen LogP contribution >= 0.6 is 0 Å². The molecule has 0 radical (unpaired) electrons. The molecule has 0 amide bonds. The minimum Gasteiger partial charge on any atom is -0.394 e. The van der Waals surface area contributed by atoms with Crippen LogP contribution in [0, 0.1) is 0 Å². The third-order valence-electron chi connectivity index (χ3n) is 5.98. The molecule has 2 rings (SSSR count). The highest BCUT2D eigenvalue weighted by Gasteiger charge is 2.19. The second kappa shape index (κ2) is 21.7. The minimum atomic E-state index is -0.733. The van der Waals surface area contributed by atoms with Crippen molar-refractivity contribution in [3.63, 3.8) is 0 Å². The topological polar surface area (TPSA) is 185 Å². The fourth-order valence-corrected chi connectivity index (χ4v) is 3.53. The highest BCUT2D eigenvalue weighted by atomic mass is 16.6. The molecule has 0 aliphatic rings. The lowest BCUT2D eigenvalue weighted by Gasteiger charge is -2.24. The van der Waals surface area contributed by atoms with E-state index >= 15 is 0 Å². The van der Waals surface area contributed by atoms with Crippen LogP contribution in [0.15, 0.2) is 43.7 Å². The van der Waals surface area contributed by atoms with Gasteiger partial charge in [-0.25, -0.2) is 9.59 Å². The highest BCUT2D eigenvalue weighted by molar-refractivity contribution is 4.85. The summed E-state index contributed by atoms with van der Waals surface area (Å²) in [6.45, 7) is 7.71. The van der Waals surface area contributed by atoms with Gasteiger partial charge in [0.25, 0.3) is 11.1 Å². The Balaban J connectivity index is 0.000000420. The van der Waals surface area contributed by atoms with Gasteiger partial charge >= 0.3 is 11.4 Å². The van der Waals surface area contributed by atoms with Gasteiger partial charge in [-0.3, -0.25) is 28.7 Å². The van der Waals surface area contributed by atoms with Crippen LogP contribution in [0.5, 0.6) is 0 Å². The molecule has 0 bridgehead atoms. The standard InChI is InChI=1S/C14H24N2O5.C13H22N2O6/c1-4-11(5-2)21-13(10-20-9-8-19-3)16-7-6-12(17)15-14(16)18;1-3-10(8-16)21-12(9-20-7-6-19-2)15-5-4-11(17)14-13(15)18/h6-7,11,13H,4-5,8-10H2,1-3H3,(H,15,17,18);4-5,10,12,16H,3,6-9H2,1-2H3,(H,14,17,18)/t13-;10-,12+/m10/s1. The average molecular weight is 603 g/mol. The lowest BCUT2D eigenvalue weighted by Crippen LogP contribution is -2.36. The Kier molecular flexibility index (Phi) is 19.2. The van der Waals surface area contributed by atoms with Crippen molar-refractivity contribution in [1.82, 2.24) is 19.1 Å². The molecule has 240 valence electrons. The molecule has 0 saturated heterocycles. The third kappa shape index (κ3) is 13.8. The van der Waals surface area contributed by atoms with Gasteiger partial charge < -0.3 is 33.5 Å². The van der Waals surface area contributed by atoms with Crippen LogP contribution in [-0.4, -0.2) is 96.9 Å². The number of aromatic amines is 2. The maximum Gasteiger partial charge on any atom is 0.330 e. The normalized spacial score (nSPS) is 13.4. The summed E-state index contributed by atoms with van der Waals surface area (Å²) in [5.41, 5.74) is -2.01. The van der Waals surface area contributed by atoms with Crippen molar-refractivity contribution in [2.45, 2.75) is 64.7 Å². The minimum absolute atomic E-state index is 0.0276. The molecule has 3 atom stereocenters. The molecule has 0 saturated carbocycles. The summed E-state index contributed by atoms with van der Waals surface area (Å²) in [5, 5.41) is 9.21. The van der Waals surface area contributed by atoms with Gasteiger partial charge in [0.05, 0.1) is 58.5 Å². The van der Waals surface area contributed by atoms with E-state index < -0.39 is 41.1 Å². The Morgan fingerprint density at radius 3 is 1.43 bits per heavy atom. The quantitative estimate of drug-likeness (QED) is 0.178. The molecule has 2 aromatic rings. The van der Waals surface area contributed by atoms with Gasteiger partial charge in [-0.15, -0.1) is 0 Å². The fraction of sp³-hybridized carbons (Fsp3) is 0.704. The molecular formula is C27H46N4O11. The lowest BCUT2D eigenvalue weighted by molar-refractivity contribution is -0.114. The van der Waals surface area contributed by atoms with Crippen LogP contribution in [0.3, 0.4) is 0 Å². The van der Waals surface area contributed by atoms with Crippen LogP contribution < -0.4 is 22.5 Å². The van der Waals surface area contributed by atoms with Crippen LogP contribution in [-0.2, 0) is 28.4 Å². The molecule has 0 aromatic carbocycles. The number of ether oxygens (including phenoxy) is 6. The maximum absolute atomic E-state index is 11.9. The van der Waals surface area contributed by atoms with Gasteiger partial charge in [0.1, 0.15) is 0 Å². The van der Waals surface area contributed by atoms with E-state index in [-0.39, 0.29) is 25.9 Å². The SMILES string of the molecule is CCC(CC)O[C@H](COCCOC)n1ccc(=O)[nH]c1=O.CC[C@@H](CO)O[C@H](COCCOC)n1ccc(=O)[nH]c1=O. The number of hydrogen-bond donors (Lipinski definition) is 3. The number of H-pyrrole nitrogens is 2. The highest BCUT2D eigenvalue weighted by Crippen LogP contribution is 2.14. The molecule has 15 heteroatoms. The Hall–Kier alpha value is -2.92. The Bertz CT molecular complexity index is 1110. The van der Waals surface area contributed by atoms with E-state index in [0.29, 0.717) is 32.8 Å². The molecule has 0 spiro atoms. The molecule has 3 N–H and O–H groups in total. The lowest BCUT2D eigenvalue weighted by atomic mass is 10.2. The van der Waals surface area contributed by atoms with E-state index in [1.807, 2.05) is 20.8 Å². The summed E-state index contributed by atoms with van der Waals surface area (Å²) in [6.07, 6.45) is 3.33. The Morgan fingerprint density at radius 2 is 1.10 bits per heavy atom. The number of aromatic nitrogens is 4. The molecule has 0 fully saturated rings. The summed E-state index contributed by atoms with van der Waals surface area (Å²) in [5.74, 6) is 0. The predicted molar refractivity (Wildman–Crippen MR) is 154 cm³/mol. The van der Waals surface area contributed by atoms with Gasteiger partial charge in [0.2, 0.25) is 0 Å². The molecule has 0 unspecified atom stereocenters. The van der Waals surface area contributed by atoms with E-state index in [1.54, 1.807) is 14.2 Å². The summed E-state index contributed by atoms with van der Waals surface area (Å²) in [4.78, 5) is 50.3.